The summed E-state index contributed by atoms with van der Waals surface area (Å²) in [5, 5.41) is 19.4. The van der Waals surface area contributed by atoms with Crippen LogP contribution in [0.3, 0.4) is 0 Å². The van der Waals surface area contributed by atoms with Gasteiger partial charge in [0.1, 0.15) is 5.82 Å². The second-order valence-electron chi connectivity index (χ2n) is 9.05. The van der Waals surface area contributed by atoms with Gasteiger partial charge in [0.15, 0.2) is 5.65 Å². The Hall–Kier alpha value is -3.34. The Balaban J connectivity index is 1.49. The van der Waals surface area contributed by atoms with Crippen molar-refractivity contribution >= 4 is 28.7 Å². The van der Waals surface area contributed by atoms with Crippen LogP contribution in [-0.2, 0) is 0 Å². The molecule has 0 aliphatic carbocycles. The number of likely N-dealkylation sites (N-methyl/N-ethyl adjacent to an activating group) is 1. The molecule has 1 fully saturated rings. The highest BCUT2D eigenvalue weighted by atomic mass is 32.1. The lowest BCUT2D eigenvalue weighted by Gasteiger charge is -2.37. The molecule has 1 unspecified atom stereocenters. The molecule has 5 heterocycles. The molecule has 0 radical (unpaired) electrons. The van der Waals surface area contributed by atoms with Crippen molar-refractivity contribution in [3.05, 3.63) is 53.7 Å². The van der Waals surface area contributed by atoms with Gasteiger partial charge < -0.3 is 15.3 Å². The Bertz CT molecular complexity index is 1340. The molecule has 1 aliphatic rings. The van der Waals surface area contributed by atoms with Crippen LogP contribution in [0.25, 0.3) is 27.5 Å². The zero-order chi connectivity index (χ0) is 25.2. The first-order chi connectivity index (χ1) is 17.5. The number of thiophene rings is 1. The summed E-state index contributed by atoms with van der Waals surface area (Å²) < 4.78 is 1.72. The average Bonchev–Trinajstić information content (AvgIpc) is 3.56. The summed E-state index contributed by atoms with van der Waals surface area (Å²) in [4.78, 5) is 28.3. The molecule has 188 valence electrons. The predicted octanol–water partition coefficient (Wildman–Crippen LogP) is 3.16. The van der Waals surface area contributed by atoms with Crippen LogP contribution in [0.5, 0.6) is 0 Å². The molecule has 0 aromatic carbocycles. The van der Waals surface area contributed by atoms with E-state index in [0.29, 0.717) is 42.4 Å². The largest absolute Gasteiger partial charge is 0.389 e. The fourth-order valence-electron chi connectivity index (χ4n) is 4.52. The zero-order valence-electron chi connectivity index (χ0n) is 20.8. The fourth-order valence-corrected chi connectivity index (χ4v) is 5.21. The zero-order valence-corrected chi connectivity index (χ0v) is 21.6. The monoisotopic (exact) mass is 505 g/mol. The SMILES string of the molecule is CCN(CC)C(C)CNC(=O)c1cc(-c2cnn3ccc(-c4cccs4)nc23)nc(N2CC(O)C2)c1. The van der Waals surface area contributed by atoms with Crippen LogP contribution in [0.4, 0.5) is 5.82 Å². The molecule has 10 heteroatoms. The van der Waals surface area contributed by atoms with Gasteiger partial charge >= 0.3 is 0 Å². The topological polar surface area (TPSA) is 98.9 Å². The number of carbonyl (C=O) groups excluding carboxylic acids is 1. The number of fused-ring (bicyclic) bond motifs is 1. The second-order valence-corrected chi connectivity index (χ2v) is 10.0. The molecule has 0 spiro atoms. The molecule has 2 N–H and O–H groups in total. The van der Waals surface area contributed by atoms with E-state index in [1.54, 1.807) is 34.2 Å². The molecule has 1 saturated heterocycles. The van der Waals surface area contributed by atoms with E-state index >= 15 is 0 Å². The van der Waals surface area contributed by atoms with Crippen LogP contribution in [-0.4, -0.2) is 80.4 Å². The Morgan fingerprint density at radius 1 is 1.22 bits per heavy atom. The number of aliphatic hydroxyl groups excluding tert-OH is 1. The molecule has 1 aliphatic heterocycles. The quantitative estimate of drug-likeness (QED) is 0.361. The van der Waals surface area contributed by atoms with E-state index in [-0.39, 0.29) is 18.1 Å². The fraction of sp³-hybridized carbons (Fsp3) is 0.385. The van der Waals surface area contributed by atoms with Crippen LogP contribution in [0.2, 0.25) is 0 Å². The minimum Gasteiger partial charge on any atom is -0.389 e. The summed E-state index contributed by atoms with van der Waals surface area (Å²) in [6, 6.07) is 9.81. The van der Waals surface area contributed by atoms with Gasteiger partial charge in [-0.15, -0.1) is 11.3 Å². The van der Waals surface area contributed by atoms with E-state index in [0.717, 1.165) is 29.2 Å². The highest BCUT2D eigenvalue weighted by Gasteiger charge is 2.27. The molecule has 4 aromatic heterocycles. The normalized spacial score (nSPS) is 14.9. The van der Waals surface area contributed by atoms with Crippen LogP contribution in [0, 0.1) is 0 Å². The van der Waals surface area contributed by atoms with E-state index in [9.17, 15) is 9.90 Å². The van der Waals surface area contributed by atoms with Crippen molar-refractivity contribution in [3.8, 4) is 21.8 Å². The summed E-state index contributed by atoms with van der Waals surface area (Å²) in [5.74, 6) is 0.511. The predicted molar refractivity (Wildman–Crippen MR) is 142 cm³/mol. The summed E-state index contributed by atoms with van der Waals surface area (Å²) in [6.45, 7) is 9.77. The van der Waals surface area contributed by atoms with Gasteiger partial charge in [-0.05, 0) is 49.7 Å². The maximum Gasteiger partial charge on any atom is 0.251 e. The van der Waals surface area contributed by atoms with Crippen molar-refractivity contribution in [3.63, 3.8) is 0 Å². The third-order valence-electron chi connectivity index (χ3n) is 6.67. The van der Waals surface area contributed by atoms with Crippen molar-refractivity contribution < 1.29 is 9.90 Å². The van der Waals surface area contributed by atoms with Gasteiger partial charge in [-0.1, -0.05) is 19.9 Å². The number of anilines is 1. The molecule has 0 saturated carbocycles. The lowest BCUT2D eigenvalue weighted by atomic mass is 10.1. The van der Waals surface area contributed by atoms with E-state index in [4.69, 9.17) is 9.97 Å². The van der Waals surface area contributed by atoms with Crippen molar-refractivity contribution in [2.45, 2.75) is 32.9 Å². The van der Waals surface area contributed by atoms with Gasteiger partial charge in [-0.25, -0.2) is 14.5 Å². The van der Waals surface area contributed by atoms with E-state index in [1.165, 1.54) is 0 Å². The molecular formula is C26H31N7O2S. The Morgan fingerprint density at radius 2 is 2.03 bits per heavy atom. The number of hydrogen-bond acceptors (Lipinski definition) is 8. The first kappa shape index (κ1) is 24.4. The molecule has 0 bridgehead atoms. The van der Waals surface area contributed by atoms with Crippen molar-refractivity contribution in [1.82, 2.24) is 29.8 Å². The number of hydrogen-bond donors (Lipinski definition) is 2. The van der Waals surface area contributed by atoms with Gasteiger partial charge in [-0.3, -0.25) is 9.69 Å². The minimum atomic E-state index is -0.380. The van der Waals surface area contributed by atoms with Crippen LogP contribution < -0.4 is 10.2 Å². The lowest BCUT2D eigenvalue weighted by molar-refractivity contribution is 0.0938. The van der Waals surface area contributed by atoms with Gasteiger partial charge in [0, 0.05) is 37.4 Å². The first-order valence-corrected chi connectivity index (χ1v) is 13.2. The Kier molecular flexibility index (Phi) is 6.99. The smallest absolute Gasteiger partial charge is 0.251 e. The van der Waals surface area contributed by atoms with Crippen molar-refractivity contribution in [1.29, 1.82) is 0 Å². The molecular weight excluding hydrogens is 474 g/mol. The summed E-state index contributed by atoms with van der Waals surface area (Å²) in [7, 11) is 0. The number of nitrogens with zero attached hydrogens (tertiary/aromatic N) is 6. The Labute approximate surface area is 214 Å². The molecule has 36 heavy (non-hydrogen) atoms. The van der Waals surface area contributed by atoms with Crippen LogP contribution in [0.1, 0.15) is 31.1 Å². The number of aliphatic hydroxyl groups is 1. The van der Waals surface area contributed by atoms with Crippen LogP contribution >= 0.6 is 11.3 Å². The summed E-state index contributed by atoms with van der Waals surface area (Å²) in [5.41, 5.74) is 3.45. The van der Waals surface area contributed by atoms with E-state index < -0.39 is 0 Å². The maximum atomic E-state index is 13.2. The molecule has 9 nitrogen and oxygen atoms in total. The third kappa shape index (κ3) is 4.84. The number of aromatic nitrogens is 4. The maximum absolute atomic E-state index is 13.2. The van der Waals surface area contributed by atoms with Gasteiger partial charge in [0.2, 0.25) is 0 Å². The summed E-state index contributed by atoms with van der Waals surface area (Å²) >= 11 is 1.63. The van der Waals surface area contributed by atoms with Crippen molar-refractivity contribution in [2.75, 3.05) is 37.6 Å². The third-order valence-corrected chi connectivity index (χ3v) is 7.57. The lowest BCUT2D eigenvalue weighted by Crippen LogP contribution is -2.51. The van der Waals surface area contributed by atoms with Crippen molar-refractivity contribution in [2.24, 2.45) is 0 Å². The van der Waals surface area contributed by atoms with Gasteiger partial charge in [0.25, 0.3) is 5.91 Å². The van der Waals surface area contributed by atoms with E-state index in [2.05, 4.69) is 36.1 Å². The minimum absolute atomic E-state index is 0.149. The molecule has 1 amide bonds. The van der Waals surface area contributed by atoms with Crippen LogP contribution in [0.15, 0.2) is 48.1 Å². The van der Waals surface area contributed by atoms with Gasteiger partial charge in [-0.2, -0.15) is 5.10 Å². The average molecular weight is 506 g/mol. The molecule has 1 atom stereocenters. The number of carbonyl (C=O) groups is 1. The van der Waals surface area contributed by atoms with Gasteiger partial charge in [0.05, 0.1) is 34.1 Å². The number of nitrogens with one attached hydrogen (secondary N) is 1. The first-order valence-electron chi connectivity index (χ1n) is 12.3. The number of rotatable bonds is 9. The Morgan fingerprint density at radius 3 is 2.72 bits per heavy atom. The number of pyridine rings is 1. The standard InChI is InChI=1S/C26H31N7O2S/c1-4-31(5-2)17(3)13-27-26(35)18-11-22(29-24(12-18)32-15-19(34)16-32)20-14-28-33-9-8-21(30-25(20)33)23-7-6-10-36-23/h6-12,14,17,19,34H,4-5,13,15-16H2,1-3H3,(H,27,35). The number of β-amino-alcohol motifs (C(OH)–C–C–N with tert-alkyl or cyclic N) is 1. The molecule has 4 aromatic rings. The van der Waals surface area contributed by atoms with E-state index in [1.807, 2.05) is 34.7 Å². The highest BCUT2D eigenvalue weighted by Crippen LogP contribution is 2.30. The number of amides is 1. The summed E-state index contributed by atoms with van der Waals surface area (Å²) in [6.07, 6.45) is 3.25. The molecule has 5 rings (SSSR count). The second kappa shape index (κ2) is 10.3. The highest BCUT2D eigenvalue weighted by molar-refractivity contribution is 7.13.